The highest BCUT2D eigenvalue weighted by molar-refractivity contribution is 6.14. The summed E-state index contributed by atoms with van der Waals surface area (Å²) in [5.41, 5.74) is 3.21. The number of urea groups is 1. The number of nitrogens with zero attached hydrogens (tertiary/aromatic N) is 3. The van der Waals surface area contributed by atoms with Crippen LogP contribution >= 0.6 is 0 Å². The summed E-state index contributed by atoms with van der Waals surface area (Å²) in [6.45, 7) is 3.63. The van der Waals surface area contributed by atoms with Crippen molar-refractivity contribution in [1.29, 1.82) is 0 Å². The first kappa shape index (κ1) is 22.7. The third-order valence-corrected chi connectivity index (χ3v) is 5.60. The van der Waals surface area contributed by atoms with Crippen LogP contribution in [0, 0.1) is 29.8 Å². The van der Waals surface area contributed by atoms with Crippen LogP contribution in [0.3, 0.4) is 0 Å². The summed E-state index contributed by atoms with van der Waals surface area (Å²) in [6.07, 6.45) is 1.56. The molecule has 3 aromatic rings. The number of nitro groups is 1. The predicted octanol–water partition coefficient (Wildman–Crippen LogP) is 4.24. The van der Waals surface area contributed by atoms with Gasteiger partial charge in [0.1, 0.15) is 17.3 Å². The van der Waals surface area contributed by atoms with E-state index in [0.29, 0.717) is 28.3 Å². The maximum absolute atomic E-state index is 13.2. The standard InChI is InChI=1S/C24H21FN4O5/c1-14-10-17(15(2)28(14)21-12-19(29(32)33)8-9-22(21)34-3)11-20-23(30)27(24(31)26-20)13-16-4-6-18(25)7-5-16/h4-12H,13H2,1-3H3,(H,26,31)/b20-11+. The monoisotopic (exact) mass is 464 g/mol. The SMILES string of the molecule is COc1ccc([N+](=O)[O-])cc1-n1c(C)cc(/C=C2/NC(=O)N(Cc3ccc(F)cc3)C2=O)c1C. The molecule has 1 N–H and O–H groups in total. The highest BCUT2D eigenvalue weighted by Gasteiger charge is 2.33. The molecular weight excluding hydrogens is 443 g/mol. The van der Waals surface area contributed by atoms with Crippen LogP contribution in [-0.4, -0.2) is 33.4 Å². The summed E-state index contributed by atoms with van der Waals surface area (Å²) >= 11 is 0. The second kappa shape index (κ2) is 8.81. The molecule has 1 saturated heterocycles. The predicted molar refractivity (Wildman–Crippen MR) is 122 cm³/mol. The average Bonchev–Trinajstić information content (AvgIpc) is 3.23. The quantitative estimate of drug-likeness (QED) is 0.254. The minimum atomic E-state index is -0.574. The van der Waals surface area contributed by atoms with Gasteiger partial charge >= 0.3 is 6.03 Å². The van der Waals surface area contributed by atoms with Crippen LogP contribution in [0.5, 0.6) is 5.75 Å². The maximum atomic E-state index is 13.2. The molecule has 1 aromatic heterocycles. The van der Waals surface area contributed by atoms with E-state index in [9.17, 15) is 24.1 Å². The number of imide groups is 1. The van der Waals surface area contributed by atoms with Gasteiger partial charge in [0.25, 0.3) is 11.6 Å². The molecule has 0 aliphatic carbocycles. The normalized spacial score (nSPS) is 14.6. The van der Waals surface area contributed by atoms with E-state index in [1.807, 2.05) is 13.0 Å². The number of hydrogen-bond donors (Lipinski definition) is 1. The van der Waals surface area contributed by atoms with E-state index < -0.39 is 22.7 Å². The van der Waals surface area contributed by atoms with Crippen molar-refractivity contribution < 1.29 is 23.6 Å². The van der Waals surface area contributed by atoms with Gasteiger partial charge in [-0.2, -0.15) is 0 Å². The molecule has 1 fully saturated rings. The smallest absolute Gasteiger partial charge is 0.329 e. The molecule has 0 saturated carbocycles. The Hall–Kier alpha value is -4.47. The molecule has 34 heavy (non-hydrogen) atoms. The molecule has 0 unspecified atom stereocenters. The number of amides is 3. The number of aromatic nitrogens is 1. The Bertz CT molecular complexity index is 1340. The molecule has 0 bridgehead atoms. The van der Waals surface area contributed by atoms with Gasteiger partial charge in [-0.15, -0.1) is 0 Å². The Kier molecular flexibility index (Phi) is 5.89. The van der Waals surface area contributed by atoms with Crippen molar-refractivity contribution in [3.8, 4) is 11.4 Å². The lowest BCUT2D eigenvalue weighted by Crippen LogP contribution is -2.30. The molecule has 1 aliphatic rings. The zero-order valence-corrected chi connectivity index (χ0v) is 18.7. The van der Waals surface area contributed by atoms with Gasteiger partial charge in [0.05, 0.1) is 24.3 Å². The van der Waals surface area contributed by atoms with Gasteiger partial charge in [0, 0.05) is 23.5 Å². The molecule has 3 amide bonds. The van der Waals surface area contributed by atoms with Crippen molar-refractivity contribution in [2.75, 3.05) is 7.11 Å². The number of nitro benzene ring substituents is 1. The van der Waals surface area contributed by atoms with E-state index in [0.717, 1.165) is 10.6 Å². The zero-order valence-electron chi connectivity index (χ0n) is 18.7. The van der Waals surface area contributed by atoms with E-state index in [1.54, 1.807) is 17.6 Å². The second-order valence-electron chi connectivity index (χ2n) is 7.78. The number of non-ortho nitro benzene ring substituents is 1. The average molecular weight is 464 g/mol. The minimum absolute atomic E-state index is 0.00614. The molecule has 174 valence electrons. The number of carbonyl (C=O) groups excluding carboxylic acids is 2. The van der Waals surface area contributed by atoms with Crippen LogP contribution in [0.15, 0.2) is 54.2 Å². The van der Waals surface area contributed by atoms with Gasteiger partial charge in [0.15, 0.2) is 0 Å². The summed E-state index contributed by atoms with van der Waals surface area (Å²) in [7, 11) is 1.48. The fourth-order valence-electron chi connectivity index (χ4n) is 3.91. The number of nitrogens with one attached hydrogen (secondary N) is 1. The lowest BCUT2D eigenvalue weighted by molar-refractivity contribution is -0.384. The van der Waals surface area contributed by atoms with Gasteiger partial charge < -0.3 is 14.6 Å². The number of halogens is 1. The number of carbonyl (C=O) groups is 2. The van der Waals surface area contributed by atoms with E-state index >= 15 is 0 Å². The van der Waals surface area contributed by atoms with E-state index in [1.165, 1.54) is 49.6 Å². The number of benzene rings is 2. The maximum Gasteiger partial charge on any atom is 0.329 e. The first-order valence-electron chi connectivity index (χ1n) is 10.3. The van der Waals surface area contributed by atoms with E-state index in [2.05, 4.69) is 5.32 Å². The Balaban J connectivity index is 1.68. The van der Waals surface area contributed by atoms with Crippen molar-refractivity contribution in [2.24, 2.45) is 0 Å². The molecule has 9 nitrogen and oxygen atoms in total. The Morgan fingerprint density at radius 2 is 1.82 bits per heavy atom. The summed E-state index contributed by atoms with van der Waals surface area (Å²) in [5.74, 6) is -0.466. The van der Waals surface area contributed by atoms with Crippen LogP contribution in [0.25, 0.3) is 11.8 Å². The molecule has 1 aliphatic heterocycles. The molecule has 0 radical (unpaired) electrons. The highest BCUT2D eigenvalue weighted by atomic mass is 19.1. The molecule has 10 heteroatoms. The topological polar surface area (TPSA) is 107 Å². The summed E-state index contributed by atoms with van der Waals surface area (Å²) < 4.78 is 20.3. The molecule has 2 heterocycles. The van der Waals surface area contributed by atoms with Crippen molar-refractivity contribution in [1.82, 2.24) is 14.8 Å². The van der Waals surface area contributed by atoms with E-state index in [4.69, 9.17) is 4.74 Å². The largest absolute Gasteiger partial charge is 0.495 e. The lowest BCUT2D eigenvalue weighted by Gasteiger charge is -2.14. The lowest BCUT2D eigenvalue weighted by atomic mass is 10.2. The number of hydrogen-bond acceptors (Lipinski definition) is 5. The van der Waals surface area contributed by atoms with Crippen molar-refractivity contribution in [2.45, 2.75) is 20.4 Å². The minimum Gasteiger partial charge on any atom is -0.495 e. The van der Waals surface area contributed by atoms with Gasteiger partial charge in [-0.05, 0) is 55.3 Å². The van der Waals surface area contributed by atoms with Crippen molar-refractivity contribution in [3.63, 3.8) is 0 Å². The highest BCUT2D eigenvalue weighted by Crippen LogP contribution is 2.32. The molecule has 2 aromatic carbocycles. The van der Waals surface area contributed by atoms with Crippen LogP contribution in [-0.2, 0) is 11.3 Å². The van der Waals surface area contributed by atoms with Crippen LogP contribution in [0.4, 0.5) is 14.9 Å². The number of rotatable bonds is 6. The van der Waals surface area contributed by atoms with Gasteiger partial charge in [0.2, 0.25) is 0 Å². The molecule has 0 atom stereocenters. The van der Waals surface area contributed by atoms with Gasteiger partial charge in [-0.1, -0.05) is 12.1 Å². The van der Waals surface area contributed by atoms with E-state index in [-0.39, 0.29) is 17.9 Å². The molecule has 4 rings (SSSR count). The fourth-order valence-corrected chi connectivity index (χ4v) is 3.91. The first-order valence-corrected chi connectivity index (χ1v) is 10.3. The van der Waals surface area contributed by atoms with Gasteiger partial charge in [-0.25, -0.2) is 9.18 Å². The molecule has 0 spiro atoms. The van der Waals surface area contributed by atoms with Crippen molar-refractivity contribution in [3.05, 3.63) is 92.7 Å². The Morgan fingerprint density at radius 1 is 1.12 bits per heavy atom. The third kappa shape index (κ3) is 4.13. The summed E-state index contributed by atoms with van der Waals surface area (Å²) in [4.78, 5) is 37.1. The summed E-state index contributed by atoms with van der Waals surface area (Å²) in [6, 6.07) is 11.1. The summed E-state index contributed by atoms with van der Waals surface area (Å²) in [5, 5.41) is 13.9. The van der Waals surface area contributed by atoms with Crippen LogP contribution < -0.4 is 10.1 Å². The van der Waals surface area contributed by atoms with Crippen LogP contribution in [0.1, 0.15) is 22.5 Å². The second-order valence-corrected chi connectivity index (χ2v) is 7.78. The number of ether oxygens (including phenoxy) is 1. The number of methoxy groups -OCH3 is 1. The third-order valence-electron chi connectivity index (χ3n) is 5.60. The molecular formula is C24H21FN4O5. The van der Waals surface area contributed by atoms with Crippen LogP contribution in [0.2, 0.25) is 0 Å². The Labute approximate surface area is 194 Å². The first-order chi connectivity index (χ1) is 16.2. The Morgan fingerprint density at radius 3 is 2.47 bits per heavy atom. The van der Waals surface area contributed by atoms with Crippen molar-refractivity contribution >= 4 is 23.7 Å². The zero-order chi connectivity index (χ0) is 24.6. The van der Waals surface area contributed by atoms with Gasteiger partial charge in [-0.3, -0.25) is 19.8 Å². The fraction of sp³-hybridized carbons (Fsp3) is 0.167. The number of aryl methyl sites for hydroxylation is 1.